The summed E-state index contributed by atoms with van der Waals surface area (Å²) in [4.78, 5) is 0. The van der Waals surface area contributed by atoms with Crippen LogP contribution < -0.4 is 0 Å². The zero-order valence-corrected chi connectivity index (χ0v) is 11.5. The molecule has 0 saturated heterocycles. The van der Waals surface area contributed by atoms with Gasteiger partial charge in [-0.2, -0.15) is 0 Å². The van der Waals surface area contributed by atoms with E-state index >= 15 is 0 Å². The predicted molar refractivity (Wildman–Crippen MR) is 59.6 cm³/mol. The Hall–Kier alpha value is 0.394. The van der Waals surface area contributed by atoms with Crippen molar-refractivity contribution in [2.75, 3.05) is 0 Å². The Morgan fingerprint density at radius 2 is 1.50 bits per heavy atom. The molecule has 0 spiro atoms. The van der Waals surface area contributed by atoms with Gasteiger partial charge in [0.1, 0.15) is 0 Å². The highest BCUT2D eigenvalue weighted by Crippen LogP contribution is 2.29. The molecule has 1 unspecified atom stereocenters. The molecule has 1 nitrogen and oxygen atoms in total. The smallest absolute Gasteiger partial charge is 0.205 e. The summed E-state index contributed by atoms with van der Waals surface area (Å²) in [5.74, 6) is 0. The first kappa shape index (κ1) is 12.4. The van der Waals surface area contributed by atoms with Crippen LogP contribution in [0.4, 0.5) is 0 Å². The van der Waals surface area contributed by atoms with Crippen molar-refractivity contribution < 1.29 is 4.43 Å². The van der Waals surface area contributed by atoms with E-state index in [4.69, 9.17) is 4.43 Å². The van der Waals surface area contributed by atoms with Crippen LogP contribution in [0.1, 0.15) is 20.8 Å². The molecule has 0 amide bonds. The van der Waals surface area contributed by atoms with Crippen LogP contribution >= 0.6 is 0 Å². The molecule has 0 aromatic rings. The Bertz CT molecular complexity index is 132. The fourth-order valence-electron chi connectivity index (χ4n) is 1.31. The summed E-state index contributed by atoms with van der Waals surface area (Å²) < 4.78 is 5.99. The fourth-order valence-corrected chi connectivity index (χ4v) is 4.11. The zero-order chi connectivity index (χ0) is 9.94. The van der Waals surface area contributed by atoms with Gasteiger partial charge in [-0.1, -0.05) is 20.0 Å². The van der Waals surface area contributed by atoms with Gasteiger partial charge in [-0.25, -0.2) is 0 Å². The third-order valence-electron chi connectivity index (χ3n) is 2.38. The Labute approximate surface area is 80.9 Å². The summed E-state index contributed by atoms with van der Waals surface area (Å²) >= 11 is 0. The summed E-state index contributed by atoms with van der Waals surface area (Å²) in [5.41, 5.74) is 0.817. The van der Waals surface area contributed by atoms with Gasteiger partial charge in [0, 0.05) is 8.80 Å². The van der Waals surface area contributed by atoms with Gasteiger partial charge in [-0.15, -0.1) is 0 Å². The largest absolute Gasteiger partial charge is 0.412 e. The van der Waals surface area contributed by atoms with Crippen molar-refractivity contribution in [1.29, 1.82) is 0 Å². The average Bonchev–Trinajstić information content (AvgIpc) is 1.82. The molecule has 0 aromatic carbocycles. The van der Waals surface area contributed by atoms with Gasteiger partial charge in [-0.3, -0.25) is 0 Å². The summed E-state index contributed by atoms with van der Waals surface area (Å²) in [6.45, 7) is 15.9. The summed E-state index contributed by atoms with van der Waals surface area (Å²) in [7, 11) is -0.776. The third kappa shape index (κ3) is 3.87. The van der Waals surface area contributed by atoms with Gasteiger partial charge in [0.2, 0.25) is 9.04 Å². The maximum atomic E-state index is 5.99. The van der Waals surface area contributed by atoms with Gasteiger partial charge < -0.3 is 4.43 Å². The molecule has 0 aromatic heterocycles. The second-order valence-electron chi connectivity index (χ2n) is 4.41. The maximum Gasteiger partial charge on any atom is 0.205 e. The summed E-state index contributed by atoms with van der Waals surface area (Å²) in [6.07, 6.45) is 0. The van der Waals surface area contributed by atoms with Crippen molar-refractivity contribution in [3.63, 3.8) is 0 Å². The van der Waals surface area contributed by atoms with E-state index in [1.165, 1.54) is 0 Å². The average molecular weight is 202 g/mol. The number of hydrogen-bond donors (Lipinski definition) is 0. The second kappa shape index (κ2) is 4.58. The second-order valence-corrected chi connectivity index (χ2v) is 9.45. The van der Waals surface area contributed by atoms with E-state index in [2.05, 4.69) is 47.0 Å². The molecule has 1 atom stereocenters. The van der Waals surface area contributed by atoms with E-state index in [0.717, 1.165) is 5.54 Å². The first-order valence-electron chi connectivity index (χ1n) is 4.56. The SMILES string of the molecule is CC([Si](C)C)C(C)(C)O[Si](C)C. The molecule has 0 aliphatic heterocycles. The van der Waals surface area contributed by atoms with E-state index in [-0.39, 0.29) is 14.4 Å². The molecule has 0 aliphatic carbocycles. The number of hydrogen-bond acceptors (Lipinski definition) is 1. The molecule has 12 heavy (non-hydrogen) atoms. The van der Waals surface area contributed by atoms with Crippen molar-refractivity contribution in [3.8, 4) is 0 Å². The standard InChI is InChI=1S/C9H22OSi2/c1-8(11(4)5)9(2,3)10-12(6)7/h8H,1-7H3. The Balaban J connectivity index is 4.18. The molecular weight excluding hydrogens is 180 g/mol. The lowest BCUT2D eigenvalue weighted by atomic mass is 10.1. The van der Waals surface area contributed by atoms with Gasteiger partial charge in [-0.05, 0) is 32.5 Å². The highest BCUT2D eigenvalue weighted by molar-refractivity contribution is 6.58. The molecule has 3 heteroatoms. The highest BCUT2D eigenvalue weighted by atomic mass is 28.3. The quantitative estimate of drug-likeness (QED) is 0.636. The third-order valence-corrected chi connectivity index (χ3v) is 5.74. The van der Waals surface area contributed by atoms with E-state index < -0.39 is 9.04 Å². The van der Waals surface area contributed by atoms with Crippen LogP contribution in [0.25, 0.3) is 0 Å². The van der Waals surface area contributed by atoms with Gasteiger partial charge in [0.05, 0.1) is 5.60 Å². The highest BCUT2D eigenvalue weighted by Gasteiger charge is 2.30. The predicted octanol–water partition coefficient (Wildman–Crippen LogP) is 3.18. The van der Waals surface area contributed by atoms with Gasteiger partial charge in [0.15, 0.2) is 0 Å². The van der Waals surface area contributed by atoms with Crippen molar-refractivity contribution in [2.24, 2.45) is 0 Å². The molecule has 72 valence electrons. The van der Waals surface area contributed by atoms with Gasteiger partial charge >= 0.3 is 0 Å². The van der Waals surface area contributed by atoms with Crippen molar-refractivity contribution >= 4 is 17.8 Å². The lowest BCUT2D eigenvalue weighted by Gasteiger charge is -2.35. The lowest BCUT2D eigenvalue weighted by molar-refractivity contribution is 0.104. The van der Waals surface area contributed by atoms with E-state index in [1.54, 1.807) is 0 Å². The molecule has 2 radical (unpaired) electrons. The van der Waals surface area contributed by atoms with Crippen molar-refractivity contribution in [2.45, 2.75) is 58.1 Å². The van der Waals surface area contributed by atoms with Crippen LogP contribution in [-0.4, -0.2) is 23.4 Å². The van der Waals surface area contributed by atoms with Crippen LogP contribution in [0.2, 0.25) is 31.7 Å². The van der Waals surface area contributed by atoms with E-state index in [9.17, 15) is 0 Å². The normalized spacial score (nSPS) is 15.8. The summed E-state index contributed by atoms with van der Waals surface area (Å²) in [5, 5.41) is 0. The van der Waals surface area contributed by atoms with Crippen molar-refractivity contribution in [1.82, 2.24) is 0 Å². The molecular formula is C9H22OSi2. The number of rotatable bonds is 4. The fraction of sp³-hybridized carbons (Fsp3) is 1.00. The van der Waals surface area contributed by atoms with Crippen LogP contribution in [-0.2, 0) is 4.43 Å². The molecule has 0 N–H and O–H groups in total. The van der Waals surface area contributed by atoms with Crippen LogP contribution in [0.15, 0.2) is 0 Å². The Morgan fingerprint density at radius 1 is 1.08 bits per heavy atom. The lowest BCUT2D eigenvalue weighted by Crippen LogP contribution is -2.38. The maximum absolute atomic E-state index is 5.99. The molecule has 0 saturated carbocycles. The minimum absolute atomic E-state index is 0.0928. The van der Waals surface area contributed by atoms with Gasteiger partial charge in [0.25, 0.3) is 0 Å². The van der Waals surface area contributed by atoms with Crippen LogP contribution in [0.5, 0.6) is 0 Å². The topological polar surface area (TPSA) is 9.23 Å². The molecule has 0 fully saturated rings. The molecule has 0 bridgehead atoms. The first-order chi connectivity index (χ1) is 5.27. The Morgan fingerprint density at radius 3 is 1.75 bits per heavy atom. The van der Waals surface area contributed by atoms with Crippen molar-refractivity contribution in [3.05, 3.63) is 0 Å². The monoisotopic (exact) mass is 202 g/mol. The molecule has 0 heterocycles. The van der Waals surface area contributed by atoms with Crippen LogP contribution in [0.3, 0.4) is 0 Å². The summed E-state index contributed by atoms with van der Waals surface area (Å²) in [6, 6.07) is 0. The Kier molecular flexibility index (Phi) is 4.73. The van der Waals surface area contributed by atoms with Crippen LogP contribution in [0, 0.1) is 0 Å². The minimum Gasteiger partial charge on any atom is -0.412 e. The van der Waals surface area contributed by atoms with E-state index in [0.29, 0.717) is 0 Å². The molecule has 0 rings (SSSR count). The zero-order valence-electron chi connectivity index (χ0n) is 9.49. The van der Waals surface area contributed by atoms with E-state index in [1.807, 2.05) is 0 Å². The first-order valence-corrected chi connectivity index (χ1v) is 9.55. The molecule has 0 aliphatic rings. The minimum atomic E-state index is -0.553.